The van der Waals surface area contributed by atoms with Crippen molar-refractivity contribution in [1.82, 2.24) is 5.32 Å². The third-order valence-corrected chi connectivity index (χ3v) is 4.35. The van der Waals surface area contributed by atoms with Gasteiger partial charge in [0.05, 0.1) is 5.60 Å². The van der Waals surface area contributed by atoms with Crippen LogP contribution in [0, 0.1) is 0 Å². The van der Waals surface area contributed by atoms with Crippen molar-refractivity contribution in [2.75, 3.05) is 13.7 Å². The fraction of sp³-hybridized carbons (Fsp3) is 0.600. The number of rotatable bonds is 6. The van der Waals surface area contributed by atoms with Gasteiger partial charge in [-0.05, 0) is 43.9 Å². The molecule has 1 unspecified atom stereocenters. The standard InChI is InChI=1S/C15H22ClNO/c1-3-17-14(11-15(18-2)9-6-10-15)12-7-4-5-8-13(12)16/h4-5,7-8,14,17H,3,6,9-11H2,1-2H3. The van der Waals surface area contributed by atoms with E-state index in [1.807, 2.05) is 25.3 Å². The fourth-order valence-electron chi connectivity index (χ4n) is 2.73. The van der Waals surface area contributed by atoms with E-state index in [0.717, 1.165) is 30.8 Å². The van der Waals surface area contributed by atoms with Gasteiger partial charge in [-0.2, -0.15) is 0 Å². The SMILES string of the molecule is CCNC(CC1(OC)CCC1)c1ccccc1Cl. The van der Waals surface area contributed by atoms with Crippen LogP contribution >= 0.6 is 11.6 Å². The van der Waals surface area contributed by atoms with Crippen LogP contribution in [-0.4, -0.2) is 19.3 Å². The molecule has 1 saturated carbocycles. The van der Waals surface area contributed by atoms with Crippen LogP contribution in [0.15, 0.2) is 24.3 Å². The van der Waals surface area contributed by atoms with E-state index in [1.54, 1.807) is 0 Å². The molecule has 0 aliphatic heterocycles. The maximum atomic E-state index is 6.31. The van der Waals surface area contributed by atoms with Crippen LogP contribution in [0.2, 0.25) is 5.02 Å². The summed E-state index contributed by atoms with van der Waals surface area (Å²) in [6.45, 7) is 3.07. The summed E-state index contributed by atoms with van der Waals surface area (Å²) in [7, 11) is 1.83. The summed E-state index contributed by atoms with van der Waals surface area (Å²) in [6, 6.07) is 8.37. The first kappa shape index (κ1) is 13.9. The van der Waals surface area contributed by atoms with E-state index in [2.05, 4.69) is 18.3 Å². The zero-order valence-electron chi connectivity index (χ0n) is 11.2. The van der Waals surface area contributed by atoms with Gasteiger partial charge >= 0.3 is 0 Å². The summed E-state index contributed by atoms with van der Waals surface area (Å²) >= 11 is 6.31. The maximum Gasteiger partial charge on any atom is 0.0697 e. The molecule has 1 aromatic carbocycles. The minimum Gasteiger partial charge on any atom is -0.378 e. The Kier molecular flexibility index (Phi) is 4.66. The van der Waals surface area contributed by atoms with Crippen molar-refractivity contribution in [2.45, 2.75) is 44.2 Å². The minimum atomic E-state index is 0.0615. The molecule has 0 amide bonds. The molecule has 0 heterocycles. The molecule has 2 rings (SSSR count). The summed E-state index contributed by atoms with van der Waals surface area (Å²) in [5.74, 6) is 0. The number of hydrogen-bond donors (Lipinski definition) is 1. The average Bonchev–Trinajstić information content (AvgIpc) is 2.33. The molecule has 1 aliphatic rings. The second-order valence-electron chi connectivity index (χ2n) is 5.08. The summed E-state index contributed by atoms with van der Waals surface area (Å²) in [4.78, 5) is 0. The van der Waals surface area contributed by atoms with Crippen molar-refractivity contribution in [2.24, 2.45) is 0 Å². The van der Waals surface area contributed by atoms with Crippen molar-refractivity contribution in [3.8, 4) is 0 Å². The van der Waals surface area contributed by atoms with E-state index in [4.69, 9.17) is 16.3 Å². The highest BCUT2D eigenvalue weighted by atomic mass is 35.5. The fourth-order valence-corrected chi connectivity index (χ4v) is 3.00. The van der Waals surface area contributed by atoms with Gasteiger partial charge in [0.25, 0.3) is 0 Å². The van der Waals surface area contributed by atoms with Crippen molar-refractivity contribution < 1.29 is 4.74 Å². The van der Waals surface area contributed by atoms with Gasteiger partial charge in [0.15, 0.2) is 0 Å². The lowest BCUT2D eigenvalue weighted by atomic mass is 9.74. The van der Waals surface area contributed by atoms with Crippen molar-refractivity contribution in [1.29, 1.82) is 0 Å². The molecule has 18 heavy (non-hydrogen) atoms. The Hall–Kier alpha value is -0.570. The molecule has 0 aromatic heterocycles. The Bertz CT molecular complexity index is 384. The number of methoxy groups -OCH3 is 1. The van der Waals surface area contributed by atoms with Crippen molar-refractivity contribution >= 4 is 11.6 Å². The Morgan fingerprint density at radius 2 is 2.11 bits per heavy atom. The molecule has 0 radical (unpaired) electrons. The van der Waals surface area contributed by atoms with Gasteiger partial charge in [-0.1, -0.05) is 36.7 Å². The topological polar surface area (TPSA) is 21.3 Å². The third kappa shape index (κ3) is 2.87. The smallest absolute Gasteiger partial charge is 0.0697 e. The van der Waals surface area contributed by atoms with Crippen molar-refractivity contribution in [3.05, 3.63) is 34.9 Å². The van der Waals surface area contributed by atoms with Crippen LogP contribution in [0.4, 0.5) is 0 Å². The van der Waals surface area contributed by atoms with E-state index in [-0.39, 0.29) is 11.6 Å². The van der Waals surface area contributed by atoms with Gasteiger partial charge in [-0.25, -0.2) is 0 Å². The highest BCUT2D eigenvalue weighted by molar-refractivity contribution is 6.31. The van der Waals surface area contributed by atoms with Gasteiger partial charge in [-0.15, -0.1) is 0 Å². The van der Waals surface area contributed by atoms with Crippen LogP contribution in [0.1, 0.15) is 44.2 Å². The molecule has 3 heteroatoms. The molecular formula is C15H22ClNO. The molecule has 1 N–H and O–H groups in total. The molecule has 1 atom stereocenters. The summed E-state index contributed by atoms with van der Waals surface area (Å²) in [5, 5.41) is 4.38. The van der Waals surface area contributed by atoms with E-state index >= 15 is 0 Å². The van der Waals surface area contributed by atoms with E-state index in [1.165, 1.54) is 12.0 Å². The largest absolute Gasteiger partial charge is 0.378 e. The monoisotopic (exact) mass is 267 g/mol. The summed E-state index contributed by atoms with van der Waals surface area (Å²) in [5.41, 5.74) is 1.25. The third-order valence-electron chi connectivity index (χ3n) is 4.01. The predicted octanol–water partition coefficient (Wildman–Crippen LogP) is 3.95. The lowest BCUT2D eigenvalue weighted by Crippen LogP contribution is -2.42. The average molecular weight is 268 g/mol. The van der Waals surface area contributed by atoms with Crippen LogP contribution in [0.3, 0.4) is 0 Å². The van der Waals surface area contributed by atoms with Gasteiger partial charge in [-0.3, -0.25) is 0 Å². The lowest BCUT2D eigenvalue weighted by molar-refractivity contribution is -0.0837. The first-order valence-corrected chi connectivity index (χ1v) is 7.11. The number of ether oxygens (including phenoxy) is 1. The Labute approximate surface area is 115 Å². The first-order chi connectivity index (χ1) is 8.71. The van der Waals surface area contributed by atoms with Crippen LogP contribution in [0.25, 0.3) is 0 Å². The van der Waals surface area contributed by atoms with E-state index < -0.39 is 0 Å². The number of nitrogens with one attached hydrogen (secondary N) is 1. The molecule has 100 valence electrons. The highest BCUT2D eigenvalue weighted by Gasteiger charge is 2.39. The maximum absolute atomic E-state index is 6.31. The molecule has 0 bridgehead atoms. The van der Waals surface area contributed by atoms with Crippen LogP contribution in [0.5, 0.6) is 0 Å². The molecular weight excluding hydrogens is 246 g/mol. The quantitative estimate of drug-likeness (QED) is 0.843. The highest BCUT2D eigenvalue weighted by Crippen LogP contribution is 2.42. The van der Waals surface area contributed by atoms with Crippen LogP contribution < -0.4 is 5.32 Å². The molecule has 2 nitrogen and oxygen atoms in total. The second kappa shape index (κ2) is 6.05. The molecule has 0 saturated heterocycles. The van der Waals surface area contributed by atoms with Crippen molar-refractivity contribution in [3.63, 3.8) is 0 Å². The molecule has 1 fully saturated rings. The molecule has 0 spiro atoms. The van der Waals surface area contributed by atoms with Crippen LogP contribution in [-0.2, 0) is 4.74 Å². The van der Waals surface area contributed by atoms with E-state index in [9.17, 15) is 0 Å². The molecule has 1 aromatic rings. The lowest BCUT2D eigenvalue weighted by Gasteiger charge is -2.43. The van der Waals surface area contributed by atoms with Gasteiger partial charge in [0.2, 0.25) is 0 Å². The number of benzene rings is 1. The Morgan fingerprint density at radius 3 is 2.61 bits per heavy atom. The number of halogens is 1. The first-order valence-electron chi connectivity index (χ1n) is 6.74. The number of hydrogen-bond acceptors (Lipinski definition) is 2. The Balaban J connectivity index is 2.15. The van der Waals surface area contributed by atoms with Gasteiger partial charge < -0.3 is 10.1 Å². The minimum absolute atomic E-state index is 0.0615. The second-order valence-corrected chi connectivity index (χ2v) is 5.48. The van der Waals surface area contributed by atoms with Gasteiger partial charge in [0, 0.05) is 18.2 Å². The van der Waals surface area contributed by atoms with E-state index in [0.29, 0.717) is 0 Å². The zero-order valence-corrected chi connectivity index (χ0v) is 12.0. The normalized spacial score (nSPS) is 19.3. The molecule has 1 aliphatic carbocycles. The summed E-state index contributed by atoms with van der Waals surface area (Å²) < 4.78 is 5.73. The zero-order chi connectivity index (χ0) is 13.0. The Morgan fingerprint density at radius 1 is 1.39 bits per heavy atom. The van der Waals surface area contributed by atoms with Gasteiger partial charge in [0.1, 0.15) is 0 Å². The predicted molar refractivity (Wildman–Crippen MR) is 76.1 cm³/mol. The summed E-state index contributed by atoms with van der Waals surface area (Å²) in [6.07, 6.45) is 4.60.